The minimum atomic E-state index is -3.04. The Morgan fingerprint density at radius 3 is 2.71 bits per heavy atom. The molecule has 0 radical (unpaired) electrons. The zero-order valence-electron chi connectivity index (χ0n) is 16.7. The van der Waals surface area contributed by atoms with E-state index < -0.39 is 9.84 Å². The highest BCUT2D eigenvalue weighted by atomic mass is 32.2. The normalized spacial score (nSPS) is 22.8. The Morgan fingerprint density at radius 2 is 2.04 bits per heavy atom. The first-order valence-electron chi connectivity index (χ1n) is 10.2. The van der Waals surface area contributed by atoms with Crippen LogP contribution in [0.5, 0.6) is 0 Å². The Balaban J connectivity index is 1.43. The molecule has 0 aliphatic carbocycles. The predicted molar refractivity (Wildman–Crippen MR) is 110 cm³/mol. The van der Waals surface area contributed by atoms with E-state index in [4.69, 9.17) is 0 Å². The molecule has 1 atom stereocenters. The standard InChI is InChI=1S/C20H32N4O3S/c1-28(26,27)13-9-22-20(25)18-5-3-10-24(16-18)19-6-11-23(12-7-19)15-17-4-2-8-21-14-17/h2,4,8,14,18-19H,3,5-7,9-13,15-16H2,1H3,(H,22,25). The smallest absolute Gasteiger partial charge is 0.224 e. The summed E-state index contributed by atoms with van der Waals surface area (Å²) in [5.74, 6) is -0.0195. The molecule has 1 aromatic rings. The van der Waals surface area contributed by atoms with Crippen molar-refractivity contribution in [2.45, 2.75) is 38.3 Å². The quantitative estimate of drug-likeness (QED) is 0.722. The van der Waals surface area contributed by atoms with Gasteiger partial charge in [0, 0.05) is 44.3 Å². The molecular weight excluding hydrogens is 376 g/mol. The van der Waals surface area contributed by atoms with Crippen molar-refractivity contribution in [3.8, 4) is 0 Å². The molecule has 2 aliphatic heterocycles. The maximum Gasteiger partial charge on any atom is 0.224 e. The van der Waals surface area contributed by atoms with Crippen LogP contribution in [0.2, 0.25) is 0 Å². The molecule has 8 heteroatoms. The lowest BCUT2D eigenvalue weighted by Gasteiger charge is -2.42. The molecule has 0 bridgehead atoms. The number of sulfone groups is 1. The minimum Gasteiger partial charge on any atom is -0.355 e. The van der Waals surface area contributed by atoms with E-state index in [1.165, 1.54) is 11.8 Å². The number of carbonyl (C=O) groups excluding carboxylic acids is 1. The summed E-state index contributed by atoms with van der Waals surface area (Å²) in [6.45, 7) is 5.15. The summed E-state index contributed by atoms with van der Waals surface area (Å²) in [5.41, 5.74) is 1.25. The summed E-state index contributed by atoms with van der Waals surface area (Å²) in [6.07, 6.45) is 9.11. The van der Waals surface area contributed by atoms with E-state index in [0.29, 0.717) is 6.04 Å². The van der Waals surface area contributed by atoms with Crippen LogP contribution >= 0.6 is 0 Å². The number of pyridine rings is 1. The molecular formula is C20H32N4O3S. The number of rotatable bonds is 7. The third-order valence-corrected chi connectivity index (χ3v) is 6.74. The summed E-state index contributed by atoms with van der Waals surface area (Å²) < 4.78 is 22.4. The second-order valence-electron chi connectivity index (χ2n) is 8.12. The zero-order chi connectivity index (χ0) is 20.0. The number of likely N-dealkylation sites (tertiary alicyclic amines) is 2. The second kappa shape index (κ2) is 9.80. The molecule has 1 unspecified atom stereocenters. The number of nitrogens with zero attached hydrogens (tertiary/aromatic N) is 3. The Hall–Kier alpha value is -1.51. The molecule has 1 N–H and O–H groups in total. The van der Waals surface area contributed by atoms with Crippen LogP contribution in [0.4, 0.5) is 0 Å². The number of nitrogens with one attached hydrogen (secondary N) is 1. The molecule has 1 aromatic heterocycles. The molecule has 0 aromatic carbocycles. The summed E-state index contributed by atoms with van der Waals surface area (Å²) in [5, 5.41) is 2.81. The first kappa shape index (κ1) is 21.2. The SMILES string of the molecule is CS(=O)(=O)CCNC(=O)C1CCCN(C2CCN(Cc3cccnc3)CC2)C1. The molecule has 0 spiro atoms. The van der Waals surface area contributed by atoms with Crippen molar-refractivity contribution >= 4 is 15.7 Å². The number of carbonyl (C=O) groups is 1. The predicted octanol–water partition coefficient (Wildman–Crippen LogP) is 0.919. The fourth-order valence-electron chi connectivity index (χ4n) is 4.25. The van der Waals surface area contributed by atoms with Crippen LogP contribution in [-0.4, -0.2) is 79.9 Å². The fraction of sp³-hybridized carbons (Fsp3) is 0.700. The van der Waals surface area contributed by atoms with Crippen LogP contribution < -0.4 is 5.32 Å². The average molecular weight is 409 g/mol. The van der Waals surface area contributed by atoms with Crippen molar-refractivity contribution in [1.82, 2.24) is 20.1 Å². The van der Waals surface area contributed by atoms with Gasteiger partial charge in [0.1, 0.15) is 9.84 Å². The number of hydrogen-bond acceptors (Lipinski definition) is 6. The van der Waals surface area contributed by atoms with Crippen LogP contribution in [0.3, 0.4) is 0 Å². The van der Waals surface area contributed by atoms with E-state index in [1.54, 1.807) is 6.20 Å². The summed E-state index contributed by atoms with van der Waals surface area (Å²) >= 11 is 0. The first-order valence-corrected chi connectivity index (χ1v) is 12.3. The Kier molecular flexibility index (Phi) is 7.42. The van der Waals surface area contributed by atoms with Gasteiger partial charge >= 0.3 is 0 Å². The Labute approximate surface area is 168 Å². The second-order valence-corrected chi connectivity index (χ2v) is 10.4. The third-order valence-electron chi connectivity index (χ3n) is 5.80. The number of amides is 1. The highest BCUT2D eigenvalue weighted by Gasteiger charge is 2.31. The van der Waals surface area contributed by atoms with Gasteiger partial charge in [-0.1, -0.05) is 6.07 Å². The molecule has 28 heavy (non-hydrogen) atoms. The van der Waals surface area contributed by atoms with Gasteiger partial charge in [-0.15, -0.1) is 0 Å². The van der Waals surface area contributed by atoms with Crippen LogP contribution in [0.15, 0.2) is 24.5 Å². The van der Waals surface area contributed by atoms with Crippen molar-refractivity contribution in [3.63, 3.8) is 0 Å². The average Bonchev–Trinajstić information content (AvgIpc) is 2.68. The van der Waals surface area contributed by atoms with Crippen LogP contribution in [0, 0.1) is 5.92 Å². The molecule has 3 rings (SSSR count). The van der Waals surface area contributed by atoms with E-state index >= 15 is 0 Å². The summed E-state index contributed by atoms with van der Waals surface area (Å²) in [7, 11) is -3.04. The number of piperidine rings is 2. The maximum atomic E-state index is 12.4. The van der Waals surface area contributed by atoms with Crippen molar-refractivity contribution in [3.05, 3.63) is 30.1 Å². The van der Waals surface area contributed by atoms with Crippen molar-refractivity contribution in [2.75, 3.05) is 44.7 Å². The Bertz CT molecular complexity index is 733. The monoisotopic (exact) mass is 408 g/mol. The van der Waals surface area contributed by atoms with Crippen molar-refractivity contribution in [1.29, 1.82) is 0 Å². The van der Waals surface area contributed by atoms with E-state index in [2.05, 4.69) is 26.2 Å². The number of hydrogen-bond donors (Lipinski definition) is 1. The van der Waals surface area contributed by atoms with Gasteiger partial charge in [-0.25, -0.2) is 8.42 Å². The van der Waals surface area contributed by atoms with Gasteiger partial charge in [-0.05, 0) is 56.9 Å². The topological polar surface area (TPSA) is 82.6 Å². The van der Waals surface area contributed by atoms with Gasteiger partial charge in [-0.3, -0.25) is 19.6 Å². The van der Waals surface area contributed by atoms with E-state index in [0.717, 1.165) is 58.4 Å². The molecule has 2 saturated heterocycles. The summed E-state index contributed by atoms with van der Waals surface area (Å²) in [6, 6.07) is 4.64. The van der Waals surface area contributed by atoms with Crippen molar-refractivity contribution < 1.29 is 13.2 Å². The van der Waals surface area contributed by atoms with E-state index in [-0.39, 0.29) is 24.1 Å². The van der Waals surface area contributed by atoms with Crippen LogP contribution in [0.1, 0.15) is 31.2 Å². The lowest BCUT2D eigenvalue weighted by molar-refractivity contribution is -0.127. The molecule has 7 nitrogen and oxygen atoms in total. The first-order chi connectivity index (χ1) is 13.4. The lowest BCUT2D eigenvalue weighted by Crippen LogP contribution is -2.50. The van der Waals surface area contributed by atoms with E-state index in [1.807, 2.05) is 12.3 Å². The fourth-order valence-corrected chi connectivity index (χ4v) is 4.72. The highest BCUT2D eigenvalue weighted by molar-refractivity contribution is 7.90. The van der Waals surface area contributed by atoms with Gasteiger partial charge in [0.15, 0.2) is 0 Å². The molecule has 2 aliphatic rings. The minimum absolute atomic E-state index is 0.00219. The Morgan fingerprint density at radius 1 is 1.25 bits per heavy atom. The van der Waals surface area contributed by atoms with Gasteiger partial charge in [0.25, 0.3) is 0 Å². The molecule has 2 fully saturated rings. The van der Waals surface area contributed by atoms with E-state index in [9.17, 15) is 13.2 Å². The van der Waals surface area contributed by atoms with Crippen LogP contribution in [-0.2, 0) is 21.2 Å². The van der Waals surface area contributed by atoms with Gasteiger partial charge in [-0.2, -0.15) is 0 Å². The largest absolute Gasteiger partial charge is 0.355 e. The van der Waals surface area contributed by atoms with Gasteiger partial charge < -0.3 is 5.32 Å². The van der Waals surface area contributed by atoms with Crippen LogP contribution in [0.25, 0.3) is 0 Å². The van der Waals surface area contributed by atoms with Gasteiger partial charge in [0.2, 0.25) is 5.91 Å². The molecule has 3 heterocycles. The molecule has 1 amide bonds. The molecule has 0 saturated carbocycles. The maximum absolute atomic E-state index is 12.4. The molecule has 156 valence electrons. The van der Waals surface area contributed by atoms with Crippen molar-refractivity contribution in [2.24, 2.45) is 5.92 Å². The highest BCUT2D eigenvalue weighted by Crippen LogP contribution is 2.24. The third kappa shape index (κ3) is 6.53. The zero-order valence-corrected chi connectivity index (χ0v) is 17.5. The van der Waals surface area contributed by atoms with Gasteiger partial charge in [0.05, 0.1) is 11.7 Å². The lowest BCUT2D eigenvalue weighted by atomic mass is 9.93. The number of aromatic nitrogens is 1. The summed E-state index contributed by atoms with van der Waals surface area (Å²) in [4.78, 5) is 21.6.